The van der Waals surface area contributed by atoms with Gasteiger partial charge < -0.3 is 15.6 Å². The molecule has 1 aromatic carbocycles. The number of nitrogen functional groups attached to an aromatic ring is 1. The van der Waals surface area contributed by atoms with Crippen molar-refractivity contribution in [2.24, 2.45) is 0 Å². The molecule has 1 rings (SSSR count). The number of hydrogen-bond donors (Lipinski definition) is 3. The van der Waals surface area contributed by atoms with Gasteiger partial charge in [0.15, 0.2) is 5.78 Å². The summed E-state index contributed by atoms with van der Waals surface area (Å²) in [6.07, 6.45) is 0. The molecule has 0 atom stereocenters. The molecule has 0 fully saturated rings. The number of ketones is 1. The van der Waals surface area contributed by atoms with Crippen molar-refractivity contribution in [1.29, 1.82) is 0 Å². The number of hydrogen-bond acceptors (Lipinski definition) is 6. The van der Waals surface area contributed by atoms with Crippen molar-refractivity contribution in [1.82, 2.24) is 5.32 Å². The zero-order chi connectivity index (χ0) is 12.8. The SMILES string of the molecule is COC(=O)CNCC(=O)c1cccc(N)c1O. The maximum absolute atomic E-state index is 11.7. The molecule has 0 aliphatic heterocycles. The lowest BCUT2D eigenvalue weighted by Crippen LogP contribution is -2.29. The molecule has 0 saturated heterocycles. The van der Waals surface area contributed by atoms with Crippen molar-refractivity contribution in [2.45, 2.75) is 0 Å². The predicted octanol–water partition coefficient (Wildman–Crippen LogP) is -0.0803. The van der Waals surface area contributed by atoms with Crippen molar-refractivity contribution in [3.05, 3.63) is 23.8 Å². The molecule has 92 valence electrons. The summed E-state index contributed by atoms with van der Waals surface area (Å²) in [5.74, 6) is -1.05. The minimum atomic E-state index is -0.463. The Balaban J connectivity index is 2.59. The Morgan fingerprint density at radius 3 is 2.76 bits per heavy atom. The second-order valence-corrected chi connectivity index (χ2v) is 3.35. The maximum Gasteiger partial charge on any atom is 0.319 e. The molecule has 0 heterocycles. The molecule has 0 aliphatic rings. The van der Waals surface area contributed by atoms with E-state index < -0.39 is 5.97 Å². The van der Waals surface area contributed by atoms with E-state index in [-0.39, 0.29) is 35.9 Å². The Morgan fingerprint density at radius 2 is 2.12 bits per heavy atom. The highest BCUT2D eigenvalue weighted by Crippen LogP contribution is 2.24. The average Bonchev–Trinajstić information content (AvgIpc) is 2.32. The normalized spacial score (nSPS) is 9.94. The van der Waals surface area contributed by atoms with E-state index in [9.17, 15) is 14.7 Å². The Hall–Kier alpha value is -2.08. The van der Waals surface area contributed by atoms with E-state index in [1.807, 2.05) is 0 Å². The van der Waals surface area contributed by atoms with E-state index in [1.54, 1.807) is 6.07 Å². The van der Waals surface area contributed by atoms with Gasteiger partial charge >= 0.3 is 5.97 Å². The summed E-state index contributed by atoms with van der Waals surface area (Å²) in [7, 11) is 1.26. The van der Waals surface area contributed by atoms with Gasteiger partial charge in [0.25, 0.3) is 0 Å². The second kappa shape index (κ2) is 5.86. The number of esters is 1. The molecule has 0 bridgehead atoms. The number of aromatic hydroxyl groups is 1. The molecule has 0 aromatic heterocycles. The quantitative estimate of drug-likeness (QED) is 0.287. The number of phenolic OH excluding ortho intramolecular Hbond substituents is 1. The Bertz CT molecular complexity index is 431. The molecular formula is C11H14N2O4. The third kappa shape index (κ3) is 3.46. The highest BCUT2D eigenvalue weighted by Gasteiger charge is 2.12. The fraction of sp³-hybridized carbons (Fsp3) is 0.273. The van der Waals surface area contributed by atoms with Gasteiger partial charge in [0.05, 0.1) is 31.5 Å². The number of carbonyl (C=O) groups is 2. The van der Waals surface area contributed by atoms with E-state index >= 15 is 0 Å². The van der Waals surface area contributed by atoms with E-state index in [1.165, 1.54) is 19.2 Å². The summed E-state index contributed by atoms with van der Waals surface area (Å²) in [5, 5.41) is 12.2. The van der Waals surface area contributed by atoms with Crippen molar-refractivity contribution in [2.75, 3.05) is 25.9 Å². The van der Waals surface area contributed by atoms with Crippen LogP contribution < -0.4 is 11.1 Å². The molecule has 0 radical (unpaired) electrons. The average molecular weight is 238 g/mol. The molecule has 1 aromatic rings. The molecule has 17 heavy (non-hydrogen) atoms. The first-order chi connectivity index (χ1) is 8.06. The summed E-state index contributed by atoms with van der Waals surface area (Å²) in [5.41, 5.74) is 5.73. The summed E-state index contributed by atoms with van der Waals surface area (Å²) >= 11 is 0. The number of anilines is 1. The van der Waals surface area contributed by atoms with Crippen molar-refractivity contribution in [3.8, 4) is 5.75 Å². The Kier molecular flexibility index (Phi) is 4.47. The summed E-state index contributed by atoms with van der Waals surface area (Å²) in [6, 6.07) is 4.53. The van der Waals surface area contributed by atoms with Crippen LogP contribution in [0.4, 0.5) is 5.69 Å². The van der Waals surface area contributed by atoms with Crippen molar-refractivity contribution in [3.63, 3.8) is 0 Å². The van der Waals surface area contributed by atoms with E-state index in [0.717, 1.165) is 0 Å². The lowest BCUT2D eigenvalue weighted by Gasteiger charge is -2.06. The van der Waals surface area contributed by atoms with Gasteiger partial charge in [-0.15, -0.1) is 0 Å². The molecule has 0 saturated carbocycles. The van der Waals surface area contributed by atoms with Crippen LogP contribution in [0.5, 0.6) is 5.75 Å². The van der Waals surface area contributed by atoms with Gasteiger partial charge in [0.2, 0.25) is 0 Å². The maximum atomic E-state index is 11.7. The number of nitrogens with one attached hydrogen (secondary N) is 1. The number of benzene rings is 1. The monoisotopic (exact) mass is 238 g/mol. The summed E-state index contributed by atoms with van der Waals surface area (Å²) < 4.78 is 4.40. The third-order valence-electron chi connectivity index (χ3n) is 2.15. The van der Waals surface area contributed by atoms with Gasteiger partial charge in [0, 0.05) is 0 Å². The number of carbonyl (C=O) groups excluding carboxylic acids is 2. The van der Waals surface area contributed by atoms with Gasteiger partial charge in [-0.1, -0.05) is 6.07 Å². The largest absolute Gasteiger partial charge is 0.505 e. The van der Waals surface area contributed by atoms with Gasteiger partial charge in [-0.3, -0.25) is 14.9 Å². The van der Waals surface area contributed by atoms with Crippen LogP contribution in [-0.2, 0) is 9.53 Å². The van der Waals surface area contributed by atoms with Crippen LogP contribution in [0, 0.1) is 0 Å². The molecular weight excluding hydrogens is 224 g/mol. The number of rotatable bonds is 5. The fourth-order valence-electron chi connectivity index (χ4n) is 1.23. The van der Waals surface area contributed by atoms with Gasteiger partial charge in [0.1, 0.15) is 5.75 Å². The Morgan fingerprint density at radius 1 is 1.41 bits per heavy atom. The lowest BCUT2D eigenvalue weighted by atomic mass is 10.1. The van der Waals surface area contributed by atoms with Crippen LogP contribution in [0.3, 0.4) is 0 Å². The zero-order valence-corrected chi connectivity index (χ0v) is 9.40. The summed E-state index contributed by atoms with van der Waals surface area (Å²) in [6.45, 7) is -0.141. The van der Waals surface area contributed by atoms with E-state index in [4.69, 9.17) is 5.73 Å². The van der Waals surface area contributed by atoms with Crippen LogP contribution >= 0.6 is 0 Å². The number of phenols is 1. The molecule has 6 nitrogen and oxygen atoms in total. The highest BCUT2D eigenvalue weighted by atomic mass is 16.5. The molecule has 0 spiro atoms. The number of nitrogens with two attached hydrogens (primary N) is 1. The standard InChI is InChI=1S/C11H14N2O4/c1-17-10(15)6-13-5-9(14)7-3-2-4-8(12)11(7)16/h2-4,13,16H,5-6,12H2,1H3. The molecule has 6 heteroatoms. The van der Waals surface area contributed by atoms with Crippen LogP contribution in [0.15, 0.2) is 18.2 Å². The molecule has 0 aliphatic carbocycles. The topological polar surface area (TPSA) is 102 Å². The van der Waals surface area contributed by atoms with Crippen molar-refractivity contribution >= 4 is 17.4 Å². The summed E-state index contributed by atoms with van der Waals surface area (Å²) in [4.78, 5) is 22.4. The minimum Gasteiger partial charge on any atom is -0.505 e. The fourth-order valence-corrected chi connectivity index (χ4v) is 1.23. The highest BCUT2D eigenvalue weighted by molar-refractivity contribution is 6.01. The first-order valence-corrected chi connectivity index (χ1v) is 4.94. The minimum absolute atomic E-state index is 0.0642. The van der Waals surface area contributed by atoms with Crippen LogP contribution in [0.1, 0.15) is 10.4 Å². The van der Waals surface area contributed by atoms with Crippen LogP contribution in [-0.4, -0.2) is 37.1 Å². The smallest absolute Gasteiger partial charge is 0.319 e. The van der Waals surface area contributed by atoms with Gasteiger partial charge in [-0.2, -0.15) is 0 Å². The molecule has 0 amide bonds. The number of para-hydroxylation sites is 1. The number of methoxy groups -OCH3 is 1. The molecule has 4 N–H and O–H groups in total. The first-order valence-electron chi connectivity index (χ1n) is 4.94. The van der Waals surface area contributed by atoms with Gasteiger partial charge in [-0.05, 0) is 12.1 Å². The van der Waals surface area contributed by atoms with Crippen LogP contribution in [0.2, 0.25) is 0 Å². The molecule has 0 unspecified atom stereocenters. The number of Topliss-reactive ketones (excluding diaryl/α,β-unsaturated/α-hetero) is 1. The van der Waals surface area contributed by atoms with Gasteiger partial charge in [-0.25, -0.2) is 0 Å². The van der Waals surface area contributed by atoms with Crippen LogP contribution in [0.25, 0.3) is 0 Å². The zero-order valence-electron chi connectivity index (χ0n) is 9.40. The lowest BCUT2D eigenvalue weighted by molar-refractivity contribution is -0.139. The third-order valence-corrected chi connectivity index (χ3v) is 2.15. The van der Waals surface area contributed by atoms with E-state index in [2.05, 4.69) is 10.1 Å². The second-order valence-electron chi connectivity index (χ2n) is 3.35. The predicted molar refractivity (Wildman–Crippen MR) is 61.7 cm³/mol. The number of ether oxygens (including phenoxy) is 1. The van der Waals surface area contributed by atoms with E-state index in [0.29, 0.717) is 0 Å². The van der Waals surface area contributed by atoms with Crippen molar-refractivity contribution < 1.29 is 19.4 Å². The Labute approximate surface area is 98.4 Å². The first kappa shape index (κ1) is 13.0.